The molecular formula is C11H16O6S2. The minimum atomic E-state index is -4.48. The summed E-state index contributed by atoms with van der Waals surface area (Å²) in [6.45, 7) is 3.36. The molecule has 0 aliphatic heterocycles. The molecule has 0 heterocycles. The molecule has 0 spiro atoms. The molecule has 6 nitrogen and oxygen atoms in total. The van der Waals surface area contributed by atoms with Crippen molar-refractivity contribution < 1.29 is 25.6 Å². The lowest BCUT2D eigenvalue weighted by Gasteiger charge is -2.15. The molecule has 0 atom stereocenters. The van der Waals surface area contributed by atoms with Crippen LogP contribution in [0.15, 0.2) is 21.9 Å². The average molecular weight is 308 g/mol. The smallest absolute Gasteiger partial charge is 0.282 e. The molecular weight excluding hydrogens is 292 g/mol. The van der Waals surface area contributed by atoms with Gasteiger partial charge >= 0.3 is 0 Å². The zero-order valence-corrected chi connectivity index (χ0v) is 12.5. The van der Waals surface area contributed by atoms with Gasteiger partial charge in [0, 0.05) is 0 Å². The lowest BCUT2D eigenvalue weighted by atomic mass is 10.1. The molecule has 0 bridgehead atoms. The van der Waals surface area contributed by atoms with E-state index in [1.807, 2.05) is 0 Å². The molecule has 0 aromatic heterocycles. The molecule has 0 radical (unpaired) electrons. The fourth-order valence-electron chi connectivity index (χ4n) is 1.91. The molecule has 0 fully saturated rings. The van der Waals surface area contributed by atoms with Gasteiger partial charge in [-0.2, -0.15) is 16.8 Å². The average Bonchev–Trinajstić information content (AvgIpc) is 2.35. The van der Waals surface area contributed by atoms with Crippen molar-refractivity contribution in [3.8, 4) is 0 Å². The van der Waals surface area contributed by atoms with E-state index in [2.05, 4.69) is 4.18 Å². The minimum absolute atomic E-state index is 0.0451. The van der Waals surface area contributed by atoms with Gasteiger partial charge in [-0.15, -0.1) is 0 Å². The molecule has 19 heavy (non-hydrogen) atoms. The van der Waals surface area contributed by atoms with E-state index in [1.54, 1.807) is 13.8 Å². The summed E-state index contributed by atoms with van der Waals surface area (Å²) in [7, 11) is -7.52. The predicted octanol–water partition coefficient (Wildman–Crippen LogP) is 1.39. The maximum Gasteiger partial charge on any atom is 0.297 e. The molecule has 108 valence electrons. The van der Waals surface area contributed by atoms with Crippen LogP contribution in [0.1, 0.15) is 25.0 Å². The number of aryl methyl sites for hydroxylation is 1. The van der Waals surface area contributed by atoms with Crippen LogP contribution in [0.4, 0.5) is 0 Å². The number of benzene rings is 1. The Kier molecular flexibility index (Phi) is 4.72. The number of hydrogen-bond acceptors (Lipinski definition) is 5. The lowest BCUT2D eigenvalue weighted by Crippen LogP contribution is -2.14. The highest BCUT2D eigenvalue weighted by molar-refractivity contribution is 7.87. The highest BCUT2D eigenvalue weighted by Crippen LogP contribution is 2.29. The fourth-order valence-corrected chi connectivity index (χ4v) is 4.03. The third kappa shape index (κ3) is 3.14. The van der Waals surface area contributed by atoms with E-state index in [0.29, 0.717) is 12.0 Å². The van der Waals surface area contributed by atoms with Crippen molar-refractivity contribution in [3.05, 3.63) is 23.3 Å². The van der Waals surface area contributed by atoms with Crippen molar-refractivity contribution in [1.82, 2.24) is 0 Å². The number of rotatable bonds is 5. The maximum absolute atomic E-state index is 11.9. The van der Waals surface area contributed by atoms with Gasteiger partial charge in [-0.3, -0.25) is 8.74 Å². The molecule has 0 saturated carbocycles. The predicted molar refractivity (Wildman–Crippen MR) is 69.2 cm³/mol. The van der Waals surface area contributed by atoms with Crippen LogP contribution < -0.4 is 0 Å². The summed E-state index contributed by atoms with van der Waals surface area (Å²) in [5.74, 6) is 0. The number of hydrogen-bond donors (Lipinski definition) is 1. The van der Waals surface area contributed by atoms with Crippen molar-refractivity contribution in [2.45, 2.75) is 36.5 Å². The monoisotopic (exact) mass is 308 g/mol. The first-order chi connectivity index (χ1) is 8.69. The van der Waals surface area contributed by atoms with Crippen molar-refractivity contribution in [3.63, 3.8) is 0 Å². The lowest BCUT2D eigenvalue weighted by molar-refractivity contribution is 0.396. The molecule has 0 unspecified atom stereocenters. The standard InChI is InChI=1S/C11H16O6S2/c1-4-8-6-7-10(18(12,13)14)9(5-2)11(8)19(15,16)17-3/h6-7H,4-5H2,1-3H3,(H,12,13,14). The quantitative estimate of drug-likeness (QED) is 0.652. The Hall–Kier alpha value is -0.960. The Bertz CT molecular complexity index is 673. The molecule has 1 rings (SSSR count). The van der Waals surface area contributed by atoms with Gasteiger partial charge < -0.3 is 0 Å². The Morgan fingerprint density at radius 1 is 1.11 bits per heavy atom. The SMILES string of the molecule is CCc1ccc(S(=O)(=O)O)c(CC)c1S(=O)(=O)OC. The van der Waals surface area contributed by atoms with Gasteiger partial charge in [0.2, 0.25) is 0 Å². The van der Waals surface area contributed by atoms with Crippen LogP contribution in [0.25, 0.3) is 0 Å². The van der Waals surface area contributed by atoms with Gasteiger partial charge in [-0.05, 0) is 30.0 Å². The van der Waals surface area contributed by atoms with E-state index < -0.39 is 25.1 Å². The van der Waals surface area contributed by atoms with E-state index in [1.165, 1.54) is 12.1 Å². The van der Waals surface area contributed by atoms with E-state index in [4.69, 9.17) is 4.55 Å². The van der Waals surface area contributed by atoms with Crippen molar-refractivity contribution in [2.75, 3.05) is 7.11 Å². The van der Waals surface area contributed by atoms with Crippen LogP contribution in [0.2, 0.25) is 0 Å². The molecule has 1 aromatic carbocycles. The second-order valence-electron chi connectivity index (χ2n) is 3.83. The third-order valence-corrected chi connectivity index (χ3v) is 5.17. The molecule has 1 aromatic rings. The van der Waals surface area contributed by atoms with E-state index in [0.717, 1.165) is 7.11 Å². The summed E-state index contributed by atoms with van der Waals surface area (Å²) in [6.07, 6.45) is 0.539. The van der Waals surface area contributed by atoms with E-state index in [-0.39, 0.29) is 16.9 Å². The summed E-state index contributed by atoms with van der Waals surface area (Å²) < 4.78 is 60.1. The maximum atomic E-state index is 11.9. The van der Waals surface area contributed by atoms with Gasteiger partial charge in [-0.25, -0.2) is 0 Å². The third-order valence-electron chi connectivity index (χ3n) is 2.78. The van der Waals surface area contributed by atoms with Gasteiger partial charge in [0.15, 0.2) is 0 Å². The van der Waals surface area contributed by atoms with E-state index in [9.17, 15) is 16.8 Å². The first-order valence-electron chi connectivity index (χ1n) is 5.61. The Morgan fingerprint density at radius 2 is 1.68 bits per heavy atom. The van der Waals surface area contributed by atoms with Crippen molar-refractivity contribution >= 4 is 20.2 Å². The Balaban J connectivity index is 3.87. The molecule has 0 aliphatic rings. The zero-order valence-electron chi connectivity index (χ0n) is 10.9. The Labute approximate surface area is 113 Å². The topological polar surface area (TPSA) is 97.7 Å². The van der Waals surface area contributed by atoms with Crippen LogP contribution in [0.3, 0.4) is 0 Å². The molecule has 0 saturated heterocycles. The molecule has 0 amide bonds. The fraction of sp³-hybridized carbons (Fsp3) is 0.455. The van der Waals surface area contributed by atoms with Gasteiger partial charge in [-0.1, -0.05) is 19.9 Å². The molecule has 1 N–H and O–H groups in total. The summed E-state index contributed by atoms with van der Waals surface area (Å²) in [4.78, 5) is -0.571. The highest BCUT2D eigenvalue weighted by atomic mass is 32.2. The van der Waals surface area contributed by atoms with Crippen LogP contribution >= 0.6 is 0 Å². The van der Waals surface area contributed by atoms with Crippen LogP contribution in [0, 0.1) is 0 Å². The largest absolute Gasteiger partial charge is 0.297 e. The molecule has 0 aliphatic carbocycles. The highest BCUT2D eigenvalue weighted by Gasteiger charge is 2.27. The second-order valence-corrected chi connectivity index (χ2v) is 6.87. The summed E-state index contributed by atoms with van der Waals surface area (Å²) in [5.41, 5.74) is 0.495. The van der Waals surface area contributed by atoms with Crippen LogP contribution in [-0.2, 0) is 37.3 Å². The van der Waals surface area contributed by atoms with Gasteiger partial charge in [0.1, 0.15) is 4.90 Å². The summed E-state index contributed by atoms with van der Waals surface area (Å²) in [5, 5.41) is 0. The van der Waals surface area contributed by atoms with Gasteiger partial charge in [0.25, 0.3) is 20.2 Å². The first kappa shape index (κ1) is 16.1. The van der Waals surface area contributed by atoms with Gasteiger partial charge in [0.05, 0.1) is 12.0 Å². The Morgan fingerprint density at radius 3 is 2.05 bits per heavy atom. The molecule has 8 heteroatoms. The summed E-state index contributed by atoms with van der Waals surface area (Å²) >= 11 is 0. The van der Waals surface area contributed by atoms with Crippen molar-refractivity contribution in [2.24, 2.45) is 0 Å². The van der Waals surface area contributed by atoms with Crippen molar-refractivity contribution in [1.29, 1.82) is 0 Å². The van der Waals surface area contributed by atoms with E-state index >= 15 is 0 Å². The van der Waals surface area contributed by atoms with Crippen LogP contribution in [0.5, 0.6) is 0 Å². The second kappa shape index (κ2) is 5.58. The zero-order chi connectivity index (χ0) is 14.8. The van der Waals surface area contributed by atoms with Crippen LogP contribution in [-0.4, -0.2) is 28.5 Å². The minimum Gasteiger partial charge on any atom is -0.282 e. The normalized spacial score (nSPS) is 12.6. The first-order valence-corrected chi connectivity index (χ1v) is 8.46. The summed E-state index contributed by atoms with van der Waals surface area (Å²) in [6, 6.07) is 2.58.